The predicted octanol–water partition coefficient (Wildman–Crippen LogP) is 19.6. The van der Waals surface area contributed by atoms with E-state index in [-0.39, 0.29) is 25.9 Å². The first-order valence-corrected chi connectivity index (χ1v) is 35.7. The van der Waals surface area contributed by atoms with Gasteiger partial charge in [0.2, 0.25) is 0 Å². The summed E-state index contributed by atoms with van der Waals surface area (Å²) >= 11 is 0. The molecule has 0 aromatic heterocycles. The molecule has 0 aliphatic carbocycles. The molecule has 6 unspecified atom stereocenters. The molecule has 1 aliphatic rings. The summed E-state index contributed by atoms with van der Waals surface area (Å²) in [6.45, 7) is 6.08. The molecule has 1 rings (SSSR count). The fourth-order valence-electron chi connectivity index (χ4n) is 11.4. The van der Waals surface area contributed by atoms with Gasteiger partial charge in [-0.1, -0.05) is 315 Å². The third-order valence-electron chi connectivity index (χ3n) is 16.8. The van der Waals surface area contributed by atoms with Crippen LogP contribution >= 0.6 is 0 Å². The van der Waals surface area contributed by atoms with Crippen LogP contribution in [0.4, 0.5) is 0 Å². The van der Waals surface area contributed by atoms with Crippen molar-refractivity contribution in [3.8, 4) is 0 Å². The molecule has 12 heteroatoms. The molecule has 0 aromatic rings. The molecular formula is C71H132O12. The Bertz CT molecular complexity index is 1490. The third-order valence-corrected chi connectivity index (χ3v) is 16.8. The Kier molecular flexibility index (Phi) is 56.5. The number of rotatable bonds is 63. The zero-order valence-corrected chi connectivity index (χ0v) is 54.2. The number of aliphatic hydroxyl groups excluding tert-OH is 2. The average Bonchev–Trinajstić information content (AvgIpc) is 3.58. The van der Waals surface area contributed by atoms with E-state index in [9.17, 15) is 34.5 Å². The summed E-state index contributed by atoms with van der Waals surface area (Å²) in [5.41, 5.74) is 0. The van der Waals surface area contributed by atoms with Crippen molar-refractivity contribution in [2.24, 2.45) is 0 Å². The summed E-state index contributed by atoms with van der Waals surface area (Å²) in [6, 6.07) is 0. The van der Waals surface area contributed by atoms with Gasteiger partial charge in [0.15, 0.2) is 24.6 Å². The van der Waals surface area contributed by atoms with E-state index in [1.807, 2.05) is 0 Å². The average molecular weight is 1180 g/mol. The number of aliphatic carboxylic acids is 1. The van der Waals surface area contributed by atoms with Crippen molar-refractivity contribution in [1.29, 1.82) is 0 Å². The number of carboxylic acid groups (broad SMARTS) is 1. The van der Waals surface area contributed by atoms with Crippen LogP contribution in [0.15, 0.2) is 12.2 Å². The molecule has 0 spiro atoms. The van der Waals surface area contributed by atoms with Crippen LogP contribution in [-0.2, 0) is 42.9 Å². The fourth-order valence-corrected chi connectivity index (χ4v) is 11.4. The molecule has 0 aromatic carbocycles. The lowest BCUT2D eigenvalue weighted by molar-refractivity contribution is -0.301. The maximum Gasteiger partial charge on any atom is 0.335 e. The molecule has 1 saturated heterocycles. The molecule has 3 N–H and O–H groups in total. The van der Waals surface area contributed by atoms with E-state index in [2.05, 4.69) is 32.9 Å². The molecule has 0 radical (unpaired) electrons. The number of carboxylic acids is 1. The lowest BCUT2D eigenvalue weighted by Gasteiger charge is -2.40. The van der Waals surface area contributed by atoms with Crippen LogP contribution in [0.5, 0.6) is 0 Å². The first-order chi connectivity index (χ1) is 40.6. The molecule has 488 valence electrons. The van der Waals surface area contributed by atoms with E-state index in [1.165, 1.54) is 244 Å². The van der Waals surface area contributed by atoms with E-state index in [0.717, 1.165) is 64.2 Å². The Morgan fingerprint density at radius 2 is 0.687 bits per heavy atom. The second-order valence-corrected chi connectivity index (χ2v) is 24.9. The van der Waals surface area contributed by atoms with Gasteiger partial charge in [-0.25, -0.2) is 4.79 Å². The third kappa shape index (κ3) is 49.2. The molecule has 0 bridgehead atoms. The summed E-state index contributed by atoms with van der Waals surface area (Å²) in [7, 11) is 0. The van der Waals surface area contributed by atoms with Crippen molar-refractivity contribution in [2.45, 2.75) is 404 Å². The zero-order valence-electron chi connectivity index (χ0n) is 54.2. The van der Waals surface area contributed by atoms with Crippen LogP contribution in [0.3, 0.4) is 0 Å². The van der Waals surface area contributed by atoms with Crippen molar-refractivity contribution in [2.75, 3.05) is 13.2 Å². The van der Waals surface area contributed by atoms with Gasteiger partial charge in [-0.2, -0.15) is 0 Å². The van der Waals surface area contributed by atoms with E-state index < -0.39 is 67.3 Å². The number of esters is 3. The van der Waals surface area contributed by atoms with Gasteiger partial charge in [-0.15, -0.1) is 0 Å². The minimum Gasteiger partial charge on any atom is -0.479 e. The topological polar surface area (TPSA) is 175 Å². The van der Waals surface area contributed by atoms with Crippen LogP contribution in [0.25, 0.3) is 0 Å². The number of allylic oxidation sites excluding steroid dienone is 2. The van der Waals surface area contributed by atoms with Gasteiger partial charge < -0.3 is 39.0 Å². The predicted molar refractivity (Wildman–Crippen MR) is 340 cm³/mol. The standard InChI is InChI=1S/C71H132O12/c1-4-7-10-13-16-19-22-25-28-31-32-35-38-41-44-47-50-53-56-59-65(74)82-69-67(76)66(75)68(70(77)78)83-71(69)80-61-62(81-64(73)58-55-52-49-46-43-40-37-34-30-27-24-21-18-15-12-9-6-3)60-79-63(72)57-54-51-48-45-42-39-36-33-29-26-23-20-17-14-11-8-5-2/h26,29,62,66-69,71,75-76H,4-25,27-28,30-61H2,1-3H3,(H,77,78)/b29-26-. The monoisotopic (exact) mass is 1180 g/mol. The van der Waals surface area contributed by atoms with Crippen molar-refractivity contribution >= 4 is 23.9 Å². The second kappa shape index (κ2) is 59.8. The number of hydrogen-bond donors (Lipinski definition) is 3. The summed E-state index contributed by atoms with van der Waals surface area (Å²) < 4.78 is 28.7. The highest BCUT2D eigenvalue weighted by molar-refractivity contribution is 5.74. The van der Waals surface area contributed by atoms with E-state index in [1.54, 1.807) is 0 Å². The first kappa shape index (κ1) is 78.5. The van der Waals surface area contributed by atoms with Crippen LogP contribution in [-0.4, -0.2) is 89.2 Å². The summed E-state index contributed by atoms with van der Waals surface area (Å²) in [4.78, 5) is 51.5. The maximum absolute atomic E-state index is 13.2. The highest BCUT2D eigenvalue weighted by atomic mass is 16.7. The Hall–Kier alpha value is -2.54. The second-order valence-electron chi connectivity index (χ2n) is 24.9. The summed E-state index contributed by atoms with van der Waals surface area (Å²) in [6.07, 6.45) is 57.4. The first-order valence-electron chi connectivity index (χ1n) is 35.7. The summed E-state index contributed by atoms with van der Waals surface area (Å²) in [5, 5.41) is 31.7. The highest BCUT2D eigenvalue weighted by Gasteiger charge is 2.50. The molecule has 0 saturated carbocycles. The largest absolute Gasteiger partial charge is 0.479 e. The minimum absolute atomic E-state index is 0.0695. The highest BCUT2D eigenvalue weighted by Crippen LogP contribution is 2.27. The lowest BCUT2D eigenvalue weighted by atomic mass is 9.98. The van der Waals surface area contributed by atoms with Gasteiger partial charge in [0.05, 0.1) is 6.61 Å². The Labute approximate surface area is 509 Å². The van der Waals surface area contributed by atoms with Gasteiger partial charge in [-0.3, -0.25) is 14.4 Å². The smallest absolute Gasteiger partial charge is 0.335 e. The summed E-state index contributed by atoms with van der Waals surface area (Å²) in [5.74, 6) is -3.07. The SMILES string of the molecule is CCCCCCCC/C=C\CCCCCCCCCC(=O)OCC(COC1OC(C(=O)O)C(O)C(O)C1OC(=O)CCCCCCCCCCCCCCCCCCCCC)OC(=O)CCCCCCCCCCCCCCCCCCC. The van der Waals surface area contributed by atoms with Gasteiger partial charge in [-0.05, 0) is 44.9 Å². The number of carbonyl (C=O) groups is 4. The Morgan fingerprint density at radius 3 is 1.02 bits per heavy atom. The zero-order chi connectivity index (χ0) is 60.3. The molecule has 12 nitrogen and oxygen atoms in total. The van der Waals surface area contributed by atoms with E-state index >= 15 is 0 Å². The minimum atomic E-state index is -1.90. The number of carbonyl (C=O) groups excluding carboxylic acids is 3. The van der Waals surface area contributed by atoms with Gasteiger partial charge in [0.25, 0.3) is 0 Å². The Balaban J connectivity index is 2.60. The maximum atomic E-state index is 13.2. The van der Waals surface area contributed by atoms with Crippen LogP contribution < -0.4 is 0 Å². The molecule has 1 aliphatic heterocycles. The van der Waals surface area contributed by atoms with Gasteiger partial charge >= 0.3 is 23.9 Å². The number of aliphatic hydroxyl groups is 2. The molecule has 1 heterocycles. The van der Waals surface area contributed by atoms with Crippen molar-refractivity contribution < 1.29 is 58.2 Å². The molecule has 83 heavy (non-hydrogen) atoms. The van der Waals surface area contributed by atoms with Crippen molar-refractivity contribution in [3.05, 3.63) is 12.2 Å². The quantitative estimate of drug-likeness (QED) is 0.0228. The van der Waals surface area contributed by atoms with Crippen LogP contribution in [0.1, 0.15) is 367 Å². The van der Waals surface area contributed by atoms with Gasteiger partial charge in [0.1, 0.15) is 18.8 Å². The number of ether oxygens (including phenoxy) is 5. The molecular weight excluding hydrogens is 1040 g/mol. The molecule has 1 fully saturated rings. The lowest BCUT2D eigenvalue weighted by Crippen LogP contribution is -2.61. The number of unbranched alkanes of at least 4 members (excludes halogenated alkanes) is 47. The van der Waals surface area contributed by atoms with Crippen molar-refractivity contribution in [3.63, 3.8) is 0 Å². The molecule has 6 atom stereocenters. The molecule has 0 amide bonds. The Morgan fingerprint density at radius 1 is 0.386 bits per heavy atom. The van der Waals surface area contributed by atoms with Crippen LogP contribution in [0.2, 0.25) is 0 Å². The fraction of sp³-hybridized carbons (Fsp3) is 0.915. The van der Waals surface area contributed by atoms with E-state index in [0.29, 0.717) is 19.3 Å². The normalized spacial score (nSPS) is 17.5. The van der Waals surface area contributed by atoms with Gasteiger partial charge in [0, 0.05) is 19.3 Å². The van der Waals surface area contributed by atoms with Crippen LogP contribution in [0, 0.1) is 0 Å². The van der Waals surface area contributed by atoms with Crippen molar-refractivity contribution in [1.82, 2.24) is 0 Å². The van der Waals surface area contributed by atoms with E-state index in [4.69, 9.17) is 23.7 Å². The number of hydrogen-bond acceptors (Lipinski definition) is 11.